The molecule has 0 aliphatic rings. The van der Waals surface area contributed by atoms with E-state index in [0.29, 0.717) is 10.8 Å². The quantitative estimate of drug-likeness (QED) is 0.839. The Morgan fingerprint density at radius 1 is 1.17 bits per heavy atom. The van der Waals surface area contributed by atoms with Crippen LogP contribution >= 0.6 is 23.2 Å². The molecule has 0 saturated heterocycles. The van der Waals surface area contributed by atoms with Crippen LogP contribution in [-0.4, -0.2) is 20.9 Å². The van der Waals surface area contributed by atoms with E-state index in [0.717, 1.165) is 0 Å². The summed E-state index contributed by atoms with van der Waals surface area (Å²) < 4.78 is 27.8. The Hall–Kier alpha value is -1.80. The van der Waals surface area contributed by atoms with Crippen LogP contribution in [0.3, 0.4) is 0 Å². The van der Waals surface area contributed by atoms with E-state index in [-0.39, 0.29) is 22.2 Å². The molecule has 0 spiro atoms. The van der Waals surface area contributed by atoms with Crippen LogP contribution in [0.5, 0.6) is 5.75 Å². The minimum atomic E-state index is -3.84. The van der Waals surface area contributed by atoms with Crippen LogP contribution in [0.2, 0.25) is 10.0 Å². The third kappa shape index (κ3) is 5.11. The molecule has 0 radical (unpaired) electrons. The van der Waals surface area contributed by atoms with E-state index < -0.39 is 15.9 Å². The Labute approximate surface area is 143 Å². The molecule has 0 unspecified atom stereocenters. The first-order valence-corrected chi connectivity index (χ1v) is 8.56. The predicted octanol–water partition coefficient (Wildman–Crippen LogP) is 2.66. The normalized spacial score (nSPS) is 11.1. The number of anilines is 1. The molecule has 2 aromatic carbocycles. The molecular formula is C14H12Cl2N2O4S. The summed E-state index contributed by atoms with van der Waals surface area (Å²) in [7, 11) is -3.84. The average molecular weight is 375 g/mol. The largest absolute Gasteiger partial charge is 0.482 e. The second-order valence-corrected chi connectivity index (χ2v) is 6.89. The SMILES string of the molecule is NS(=O)(=O)c1cccc(NC(=O)COc2ccc(Cl)cc2Cl)c1. The molecule has 0 bridgehead atoms. The fourth-order valence-corrected chi connectivity index (χ4v) is 2.71. The molecule has 6 nitrogen and oxygen atoms in total. The molecule has 2 aromatic rings. The lowest BCUT2D eigenvalue weighted by molar-refractivity contribution is -0.118. The number of benzene rings is 2. The highest BCUT2D eigenvalue weighted by Crippen LogP contribution is 2.27. The van der Waals surface area contributed by atoms with Gasteiger partial charge in [0.2, 0.25) is 10.0 Å². The number of rotatable bonds is 5. The summed E-state index contributed by atoms with van der Waals surface area (Å²) in [4.78, 5) is 11.7. The number of hydrogen-bond donors (Lipinski definition) is 2. The molecule has 122 valence electrons. The molecule has 0 aromatic heterocycles. The number of ether oxygens (including phenoxy) is 1. The summed E-state index contributed by atoms with van der Waals surface area (Å²) in [5.74, 6) is -0.174. The maximum atomic E-state index is 11.8. The number of amides is 1. The summed E-state index contributed by atoms with van der Waals surface area (Å²) in [6.45, 7) is -0.305. The maximum absolute atomic E-state index is 11.8. The highest BCUT2D eigenvalue weighted by atomic mass is 35.5. The van der Waals surface area contributed by atoms with Crippen LogP contribution in [0, 0.1) is 0 Å². The number of nitrogens with two attached hydrogens (primary N) is 1. The number of carbonyl (C=O) groups excluding carboxylic acids is 1. The van der Waals surface area contributed by atoms with Crippen molar-refractivity contribution in [3.63, 3.8) is 0 Å². The van der Waals surface area contributed by atoms with E-state index in [4.69, 9.17) is 33.1 Å². The van der Waals surface area contributed by atoms with Crippen LogP contribution < -0.4 is 15.2 Å². The lowest BCUT2D eigenvalue weighted by atomic mass is 10.3. The molecule has 0 saturated carbocycles. The minimum Gasteiger partial charge on any atom is -0.482 e. The number of nitrogens with one attached hydrogen (secondary N) is 1. The molecule has 0 aliphatic heterocycles. The van der Waals surface area contributed by atoms with Crippen molar-refractivity contribution in [3.8, 4) is 5.75 Å². The lowest BCUT2D eigenvalue weighted by Gasteiger charge is -2.09. The van der Waals surface area contributed by atoms with Crippen molar-refractivity contribution in [1.29, 1.82) is 0 Å². The molecule has 2 rings (SSSR count). The fourth-order valence-electron chi connectivity index (χ4n) is 1.68. The van der Waals surface area contributed by atoms with Crippen molar-refractivity contribution in [2.45, 2.75) is 4.90 Å². The Bertz CT molecular complexity index is 840. The van der Waals surface area contributed by atoms with Crippen molar-refractivity contribution < 1.29 is 17.9 Å². The zero-order chi connectivity index (χ0) is 17.0. The first-order valence-electron chi connectivity index (χ1n) is 6.26. The van der Waals surface area contributed by atoms with E-state index in [1.54, 1.807) is 12.1 Å². The van der Waals surface area contributed by atoms with Crippen molar-refractivity contribution in [3.05, 3.63) is 52.5 Å². The molecule has 0 heterocycles. The van der Waals surface area contributed by atoms with Crippen LogP contribution in [0.15, 0.2) is 47.4 Å². The fraction of sp³-hybridized carbons (Fsp3) is 0.0714. The van der Waals surface area contributed by atoms with Gasteiger partial charge >= 0.3 is 0 Å². The van der Waals surface area contributed by atoms with Gasteiger partial charge in [-0.15, -0.1) is 0 Å². The lowest BCUT2D eigenvalue weighted by Crippen LogP contribution is -2.20. The topological polar surface area (TPSA) is 98.5 Å². The van der Waals surface area contributed by atoms with Crippen molar-refractivity contribution >= 4 is 44.8 Å². The molecule has 9 heteroatoms. The van der Waals surface area contributed by atoms with Crippen LogP contribution in [0.25, 0.3) is 0 Å². The van der Waals surface area contributed by atoms with Crippen LogP contribution in [-0.2, 0) is 14.8 Å². The van der Waals surface area contributed by atoms with E-state index >= 15 is 0 Å². The van der Waals surface area contributed by atoms with Gasteiger partial charge in [0, 0.05) is 10.7 Å². The van der Waals surface area contributed by atoms with E-state index in [2.05, 4.69) is 5.32 Å². The number of hydrogen-bond acceptors (Lipinski definition) is 4. The van der Waals surface area contributed by atoms with Gasteiger partial charge in [0.25, 0.3) is 5.91 Å². The van der Waals surface area contributed by atoms with Gasteiger partial charge in [-0.2, -0.15) is 0 Å². The third-order valence-corrected chi connectivity index (χ3v) is 4.14. The summed E-state index contributed by atoms with van der Waals surface area (Å²) in [6, 6.07) is 10.2. The maximum Gasteiger partial charge on any atom is 0.262 e. The first-order chi connectivity index (χ1) is 10.8. The molecule has 0 aliphatic carbocycles. The second-order valence-electron chi connectivity index (χ2n) is 4.48. The summed E-state index contributed by atoms with van der Waals surface area (Å²) in [6.07, 6.45) is 0. The van der Waals surface area contributed by atoms with Gasteiger partial charge in [-0.05, 0) is 36.4 Å². The van der Waals surface area contributed by atoms with Gasteiger partial charge in [-0.1, -0.05) is 29.3 Å². The second kappa shape index (κ2) is 7.18. The summed E-state index contributed by atoms with van der Waals surface area (Å²) in [5, 5.41) is 8.26. The van der Waals surface area contributed by atoms with Gasteiger partial charge in [0.15, 0.2) is 6.61 Å². The van der Waals surface area contributed by atoms with Crippen LogP contribution in [0.4, 0.5) is 5.69 Å². The Morgan fingerprint density at radius 2 is 1.91 bits per heavy atom. The Balaban J connectivity index is 2.00. The van der Waals surface area contributed by atoms with Gasteiger partial charge < -0.3 is 10.1 Å². The predicted molar refractivity (Wildman–Crippen MR) is 88.4 cm³/mol. The highest BCUT2D eigenvalue weighted by Gasteiger charge is 2.10. The van der Waals surface area contributed by atoms with Gasteiger partial charge in [0.1, 0.15) is 5.75 Å². The van der Waals surface area contributed by atoms with E-state index in [1.165, 1.54) is 30.3 Å². The number of sulfonamides is 1. The first kappa shape index (κ1) is 17.6. The molecule has 23 heavy (non-hydrogen) atoms. The summed E-state index contributed by atoms with van der Waals surface area (Å²) >= 11 is 11.7. The molecule has 3 N–H and O–H groups in total. The average Bonchev–Trinajstić information content (AvgIpc) is 2.45. The third-order valence-electron chi connectivity index (χ3n) is 2.70. The van der Waals surface area contributed by atoms with Gasteiger partial charge in [-0.25, -0.2) is 13.6 Å². The van der Waals surface area contributed by atoms with E-state index in [1.807, 2.05) is 0 Å². The monoisotopic (exact) mass is 374 g/mol. The highest BCUT2D eigenvalue weighted by molar-refractivity contribution is 7.89. The van der Waals surface area contributed by atoms with Crippen molar-refractivity contribution in [1.82, 2.24) is 0 Å². The zero-order valence-electron chi connectivity index (χ0n) is 11.6. The molecule has 0 atom stereocenters. The van der Waals surface area contributed by atoms with Gasteiger partial charge in [-0.3, -0.25) is 4.79 Å². The standard InChI is InChI=1S/C14H12Cl2N2O4S/c15-9-4-5-13(12(16)6-9)22-8-14(19)18-10-2-1-3-11(7-10)23(17,20)21/h1-7H,8H2,(H,18,19)(H2,17,20,21). The molecule has 1 amide bonds. The van der Waals surface area contributed by atoms with E-state index in [9.17, 15) is 13.2 Å². The summed E-state index contributed by atoms with van der Waals surface area (Å²) in [5.41, 5.74) is 0.285. The van der Waals surface area contributed by atoms with Crippen LogP contribution in [0.1, 0.15) is 0 Å². The smallest absolute Gasteiger partial charge is 0.262 e. The number of primary sulfonamides is 1. The van der Waals surface area contributed by atoms with Crippen molar-refractivity contribution in [2.75, 3.05) is 11.9 Å². The van der Waals surface area contributed by atoms with Gasteiger partial charge in [0.05, 0.1) is 9.92 Å². The zero-order valence-corrected chi connectivity index (χ0v) is 14.0. The molecular weight excluding hydrogens is 363 g/mol. The number of carbonyl (C=O) groups is 1. The molecule has 0 fully saturated rings. The Morgan fingerprint density at radius 3 is 2.57 bits per heavy atom. The Kier molecular flexibility index (Phi) is 5.48. The van der Waals surface area contributed by atoms with Crippen molar-refractivity contribution in [2.24, 2.45) is 5.14 Å². The number of halogens is 2. The minimum absolute atomic E-state index is 0.100.